The number of fused-ring (bicyclic) bond motifs is 1. The number of H-pyrrole nitrogens is 1. The third-order valence-corrected chi connectivity index (χ3v) is 4.77. The number of carbonyl (C=O) groups excluding carboxylic acids is 1. The van der Waals surface area contributed by atoms with E-state index in [2.05, 4.69) is 15.3 Å². The molecular formula is C16H14F3N3O2S. The standard InChI is InChI=1S/C16H14F3N3O2S/c17-16(18,19)9-3-1-4-10(7-9)20-13(23)8-25-14-11-5-2-6-12(11)21-15(24)22-14/h1,3-4,7H,2,5-6,8H2,(H,20,23)(H,21,22,24). The Balaban J connectivity index is 1.66. The quantitative estimate of drug-likeness (QED) is 0.642. The summed E-state index contributed by atoms with van der Waals surface area (Å²) in [5, 5.41) is 2.94. The van der Waals surface area contributed by atoms with Crippen molar-refractivity contribution in [1.82, 2.24) is 9.97 Å². The summed E-state index contributed by atoms with van der Waals surface area (Å²) in [5.74, 6) is -0.503. The highest BCUT2D eigenvalue weighted by molar-refractivity contribution is 8.00. The van der Waals surface area contributed by atoms with Gasteiger partial charge >= 0.3 is 11.9 Å². The highest BCUT2D eigenvalue weighted by atomic mass is 32.2. The summed E-state index contributed by atoms with van der Waals surface area (Å²) in [4.78, 5) is 30.1. The van der Waals surface area contributed by atoms with Gasteiger partial charge in [0.1, 0.15) is 5.03 Å². The van der Waals surface area contributed by atoms with Crippen LogP contribution in [0.2, 0.25) is 0 Å². The molecule has 25 heavy (non-hydrogen) atoms. The van der Waals surface area contributed by atoms with Gasteiger partial charge < -0.3 is 10.3 Å². The zero-order valence-corrected chi connectivity index (χ0v) is 13.8. The minimum absolute atomic E-state index is 0.0425. The first-order valence-corrected chi connectivity index (χ1v) is 8.53. The van der Waals surface area contributed by atoms with Gasteiger partial charge in [0, 0.05) is 16.9 Å². The summed E-state index contributed by atoms with van der Waals surface area (Å²) < 4.78 is 38.0. The van der Waals surface area contributed by atoms with E-state index in [-0.39, 0.29) is 11.4 Å². The van der Waals surface area contributed by atoms with E-state index in [1.54, 1.807) is 0 Å². The number of thioether (sulfide) groups is 1. The van der Waals surface area contributed by atoms with E-state index >= 15 is 0 Å². The topological polar surface area (TPSA) is 74.8 Å². The van der Waals surface area contributed by atoms with Crippen molar-refractivity contribution in [3.8, 4) is 0 Å². The van der Waals surface area contributed by atoms with Crippen LogP contribution in [0.4, 0.5) is 18.9 Å². The first kappa shape index (κ1) is 17.5. The largest absolute Gasteiger partial charge is 0.416 e. The lowest BCUT2D eigenvalue weighted by Crippen LogP contribution is -2.17. The van der Waals surface area contributed by atoms with E-state index in [0.29, 0.717) is 5.03 Å². The van der Waals surface area contributed by atoms with E-state index in [0.717, 1.165) is 54.4 Å². The summed E-state index contributed by atoms with van der Waals surface area (Å²) in [5.41, 5.74) is 0.579. The Morgan fingerprint density at radius 1 is 1.32 bits per heavy atom. The molecule has 1 amide bonds. The zero-order valence-electron chi connectivity index (χ0n) is 12.9. The third kappa shape index (κ3) is 4.22. The molecule has 0 spiro atoms. The molecule has 0 saturated carbocycles. The van der Waals surface area contributed by atoms with Crippen molar-refractivity contribution in [2.24, 2.45) is 0 Å². The van der Waals surface area contributed by atoms with Crippen LogP contribution in [-0.4, -0.2) is 21.6 Å². The van der Waals surface area contributed by atoms with Gasteiger partial charge in [0.15, 0.2) is 0 Å². The Bertz CT molecular complexity index is 864. The second-order valence-electron chi connectivity index (χ2n) is 5.57. The molecule has 1 heterocycles. The van der Waals surface area contributed by atoms with Crippen molar-refractivity contribution in [3.63, 3.8) is 0 Å². The maximum atomic E-state index is 12.7. The molecule has 1 aromatic carbocycles. The van der Waals surface area contributed by atoms with Gasteiger partial charge in [-0.05, 0) is 37.5 Å². The lowest BCUT2D eigenvalue weighted by atomic mass is 10.2. The number of benzene rings is 1. The van der Waals surface area contributed by atoms with E-state index in [4.69, 9.17) is 0 Å². The molecule has 0 atom stereocenters. The van der Waals surface area contributed by atoms with Crippen molar-refractivity contribution in [1.29, 1.82) is 0 Å². The Hall–Kier alpha value is -2.29. The first-order valence-electron chi connectivity index (χ1n) is 7.55. The molecule has 0 radical (unpaired) electrons. The van der Waals surface area contributed by atoms with E-state index in [1.165, 1.54) is 12.1 Å². The molecule has 2 N–H and O–H groups in total. The Labute approximate surface area is 145 Å². The lowest BCUT2D eigenvalue weighted by Gasteiger charge is -2.10. The number of aromatic nitrogens is 2. The van der Waals surface area contributed by atoms with Crippen molar-refractivity contribution in [2.45, 2.75) is 30.5 Å². The van der Waals surface area contributed by atoms with Crippen molar-refractivity contribution < 1.29 is 18.0 Å². The van der Waals surface area contributed by atoms with Crippen LogP contribution in [0, 0.1) is 0 Å². The number of aromatic amines is 1. The second kappa shape index (κ2) is 6.91. The van der Waals surface area contributed by atoms with Crippen molar-refractivity contribution in [3.05, 3.63) is 51.6 Å². The number of nitrogens with zero attached hydrogens (tertiary/aromatic N) is 1. The van der Waals surface area contributed by atoms with Gasteiger partial charge in [-0.2, -0.15) is 18.2 Å². The third-order valence-electron chi connectivity index (χ3n) is 3.75. The van der Waals surface area contributed by atoms with Crippen molar-refractivity contribution in [2.75, 3.05) is 11.1 Å². The van der Waals surface area contributed by atoms with Crippen LogP contribution in [0.5, 0.6) is 0 Å². The number of rotatable bonds is 4. The maximum Gasteiger partial charge on any atom is 0.416 e. The Morgan fingerprint density at radius 3 is 2.88 bits per heavy atom. The minimum Gasteiger partial charge on any atom is -0.325 e. The van der Waals surface area contributed by atoms with Gasteiger partial charge in [0.05, 0.1) is 11.3 Å². The van der Waals surface area contributed by atoms with E-state index in [9.17, 15) is 22.8 Å². The van der Waals surface area contributed by atoms with Gasteiger partial charge in [-0.15, -0.1) is 0 Å². The van der Waals surface area contributed by atoms with E-state index in [1.807, 2.05) is 0 Å². The summed E-state index contributed by atoms with van der Waals surface area (Å²) in [6, 6.07) is 4.44. The molecule has 5 nitrogen and oxygen atoms in total. The molecule has 1 aliphatic rings. The van der Waals surface area contributed by atoms with Crippen LogP contribution < -0.4 is 11.0 Å². The first-order chi connectivity index (χ1) is 11.8. The number of amides is 1. The molecule has 0 bridgehead atoms. The number of hydrogen-bond acceptors (Lipinski definition) is 4. The summed E-state index contributed by atoms with van der Waals surface area (Å²) in [6.45, 7) is 0. The number of carbonyl (C=O) groups is 1. The molecule has 3 rings (SSSR count). The predicted molar refractivity (Wildman–Crippen MR) is 87.7 cm³/mol. The van der Waals surface area contributed by atoms with Crippen molar-refractivity contribution >= 4 is 23.4 Å². The molecule has 1 aliphatic carbocycles. The minimum atomic E-state index is -4.47. The smallest absolute Gasteiger partial charge is 0.325 e. The number of anilines is 1. The summed E-state index contributed by atoms with van der Waals surface area (Å²) >= 11 is 1.11. The van der Waals surface area contributed by atoms with Gasteiger partial charge in [-0.1, -0.05) is 17.8 Å². The van der Waals surface area contributed by atoms with Gasteiger partial charge in [-0.25, -0.2) is 4.79 Å². The number of aryl methyl sites for hydroxylation is 1. The lowest BCUT2D eigenvalue weighted by molar-refractivity contribution is -0.137. The molecule has 0 aliphatic heterocycles. The van der Waals surface area contributed by atoms with Crippen LogP contribution in [-0.2, 0) is 23.8 Å². The van der Waals surface area contributed by atoms with Crippen LogP contribution >= 0.6 is 11.8 Å². The highest BCUT2D eigenvalue weighted by Gasteiger charge is 2.30. The second-order valence-corrected chi connectivity index (χ2v) is 6.54. The van der Waals surface area contributed by atoms with Crippen LogP contribution in [0.25, 0.3) is 0 Å². The maximum absolute atomic E-state index is 12.7. The Morgan fingerprint density at radius 2 is 2.12 bits per heavy atom. The highest BCUT2D eigenvalue weighted by Crippen LogP contribution is 2.31. The zero-order chi connectivity index (χ0) is 18.0. The van der Waals surface area contributed by atoms with Crippen LogP contribution in [0.1, 0.15) is 23.2 Å². The average Bonchev–Trinajstić information content (AvgIpc) is 3.00. The predicted octanol–water partition coefficient (Wildman–Crippen LogP) is 3.01. The molecule has 0 unspecified atom stereocenters. The average molecular weight is 369 g/mol. The Kier molecular flexibility index (Phi) is 4.85. The monoisotopic (exact) mass is 369 g/mol. The molecule has 2 aromatic rings. The molecule has 0 saturated heterocycles. The number of hydrogen-bond donors (Lipinski definition) is 2. The molecule has 1 aromatic heterocycles. The fourth-order valence-corrected chi connectivity index (χ4v) is 3.54. The SMILES string of the molecule is O=C(CSc1nc(=O)[nH]c2c1CCC2)Nc1cccc(C(F)(F)F)c1. The summed E-state index contributed by atoms with van der Waals surface area (Å²) in [6.07, 6.45) is -1.99. The molecular weight excluding hydrogens is 355 g/mol. The fraction of sp³-hybridized carbons (Fsp3) is 0.312. The van der Waals surface area contributed by atoms with Crippen LogP contribution in [0.15, 0.2) is 34.1 Å². The molecule has 132 valence electrons. The number of nitrogens with one attached hydrogen (secondary N) is 2. The summed E-state index contributed by atoms with van der Waals surface area (Å²) in [7, 11) is 0. The number of alkyl halides is 3. The van der Waals surface area contributed by atoms with Crippen LogP contribution in [0.3, 0.4) is 0 Å². The number of halogens is 3. The molecule has 9 heteroatoms. The van der Waals surface area contributed by atoms with Gasteiger partial charge in [-0.3, -0.25) is 4.79 Å². The van der Waals surface area contributed by atoms with Gasteiger partial charge in [0.25, 0.3) is 0 Å². The van der Waals surface area contributed by atoms with Gasteiger partial charge in [0.2, 0.25) is 5.91 Å². The van der Waals surface area contributed by atoms with E-state index < -0.39 is 23.3 Å². The normalized spacial score (nSPS) is 13.6. The molecule has 0 fully saturated rings. The fourth-order valence-electron chi connectivity index (χ4n) is 2.66.